The number of fused-ring (bicyclic) bond motifs is 1. The van der Waals surface area contributed by atoms with Gasteiger partial charge in [-0.05, 0) is 42.7 Å². The van der Waals surface area contributed by atoms with Crippen molar-refractivity contribution in [3.05, 3.63) is 63.8 Å². The molecule has 118 valence electrons. The first-order chi connectivity index (χ1) is 11.1. The SMILES string of the molecule is CCc1ccc2c(Cl)c(C(=O)N[C@H](C)c3ccncc3)sc2c1. The molecular formula is C18H17ClN2OS. The van der Waals surface area contributed by atoms with E-state index in [-0.39, 0.29) is 11.9 Å². The average Bonchev–Trinajstić information content (AvgIpc) is 2.92. The van der Waals surface area contributed by atoms with Crippen LogP contribution in [0.2, 0.25) is 5.02 Å². The van der Waals surface area contributed by atoms with Crippen LogP contribution in [0.1, 0.15) is 40.7 Å². The number of pyridine rings is 1. The van der Waals surface area contributed by atoms with Crippen LogP contribution >= 0.6 is 22.9 Å². The van der Waals surface area contributed by atoms with E-state index < -0.39 is 0 Å². The number of amides is 1. The van der Waals surface area contributed by atoms with Crippen molar-refractivity contribution in [3.8, 4) is 0 Å². The third-order valence-corrected chi connectivity index (χ3v) is 5.52. The van der Waals surface area contributed by atoms with Crippen LogP contribution in [0.4, 0.5) is 0 Å². The molecule has 3 aromatic rings. The van der Waals surface area contributed by atoms with Gasteiger partial charge in [0.1, 0.15) is 4.88 Å². The van der Waals surface area contributed by atoms with E-state index in [2.05, 4.69) is 29.4 Å². The van der Waals surface area contributed by atoms with Gasteiger partial charge in [0, 0.05) is 22.5 Å². The van der Waals surface area contributed by atoms with Crippen molar-refractivity contribution in [2.75, 3.05) is 0 Å². The zero-order valence-corrected chi connectivity index (χ0v) is 14.5. The molecule has 3 rings (SSSR count). The fourth-order valence-corrected chi connectivity index (χ4v) is 3.96. The van der Waals surface area contributed by atoms with Crippen molar-refractivity contribution < 1.29 is 4.79 Å². The summed E-state index contributed by atoms with van der Waals surface area (Å²) in [5.41, 5.74) is 2.26. The second-order valence-electron chi connectivity index (χ2n) is 5.40. The van der Waals surface area contributed by atoms with E-state index >= 15 is 0 Å². The standard InChI is InChI=1S/C18H17ClN2OS/c1-3-12-4-5-14-15(10-12)23-17(16(14)19)18(22)21-11(2)13-6-8-20-9-7-13/h4-11H,3H2,1-2H3,(H,21,22)/t11-/m1/s1. The average molecular weight is 345 g/mol. The quantitative estimate of drug-likeness (QED) is 0.723. The van der Waals surface area contributed by atoms with Crippen LogP contribution in [0.15, 0.2) is 42.7 Å². The Balaban J connectivity index is 1.87. The number of nitrogens with zero attached hydrogens (tertiary/aromatic N) is 1. The van der Waals surface area contributed by atoms with Gasteiger partial charge in [0.05, 0.1) is 11.1 Å². The number of benzene rings is 1. The van der Waals surface area contributed by atoms with E-state index in [4.69, 9.17) is 11.6 Å². The number of halogens is 1. The Bertz CT molecular complexity index is 845. The summed E-state index contributed by atoms with van der Waals surface area (Å²) in [4.78, 5) is 17.1. The number of carbonyl (C=O) groups is 1. The first-order valence-electron chi connectivity index (χ1n) is 7.52. The highest BCUT2D eigenvalue weighted by molar-refractivity contribution is 7.21. The normalized spacial score (nSPS) is 12.3. The van der Waals surface area contributed by atoms with Crippen molar-refractivity contribution >= 4 is 38.9 Å². The van der Waals surface area contributed by atoms with Gasteiger partial charge in [0.2, 0.25) is 0 Å². The lowest BCUT2D eigenvalue weighted by molar-refractivity contribution is 0.0944. The molecule has 3 nitrogen and oxygen atoms in total. The molecule has 0 saturated heterocycles. The summed E-state index contributed by atoms with van der Waals surface area (Å²) in [6.45, 7) is 4.06. The molecule has 0 fully saturated rings. The third kappa shape index (κ3) is 3.23. The highest BCUT2D eigenvalue weighted by Crippen LogP contribution is 2.36. The Kier molecular flexibility index (Phi) is 4.64. The van der Waals surface area contributed by atoms with Crippen LogP contribution in [0.5, 0.6) is 0 Å². The van der Waals surface area contributed by atoms with Crippen LogP contribution in [-0.2, 0) is 6.42 Å². The maximum absolute atomic E-state index is 12.6. The molecule has 0 spiro atoms. The van der Waals surface area contributed by atoms with E-state index in [1.807, 2.05) is 25.1 Å². The van der Waals surface area contributed by atoms with Crippen LogP contribution in [-0.4, -0.2) is 10.9 Å². The molecule has 0 aliphatic rings. The van der Waals surface area contributed by atoms with Gasteiger partial charge in [-0.3, -0.25) is 9.78 Å². The molecule has 0 radical (unpaired) electrons. The molecule has 2 aromatic heterocycles. The van der Waals surface area contributed by atoms with Gasteiger partial charge in [0.25, 0.3) is 5.91 Å². The molecule has 0 aliphatic heterocycles. The molecule has 0 unspecified atom stereocenters. The summed E-state index contributed by atoms with van der Waals surface area (Å²) in [5, 5.41) is 4.48. The highest BCUT2D eigenvalue weighted by atomic mass is 35.5. The lowest BCUT2D eigenvalue weighted by Gasteiger charge is -2.13. The molecule has 0 bridgehead atoms. The van der Waals surface area contributed by atoms with E-state index in [0.717, 1.165) is 22.1 Å². The van der Waals surface area contributed by atoms with Gasteiger partial charge in [-0.2, -0.15) is 0 Å². The number of rotatable bonds is 4. The largest absolute Gasteiger partial charge is 0.345 e. The predicted molar refractivity (Wildman–Crippen MR) is 96.3 cm³/mol. The molecule has 23 heavy (non-hydrogen) atoms. The van der Waals surface area contributed by atoms with Crippen LogP contribution in [0.3, 0.4) is 0 Å². The number of nitrogens with one attached hydrogen (secondary N) is 1. The second-order valence-corrected chi connectivity index (χ2v) is 6.84. The van der Waals surface area contributed by atoms with Crippen molar-refractivity contribution in [1.82, 2.24) is 10.3 Å². The smallest absolute Gasteiger partial charge is 0.263 e. The van der Waals surface area contributed by atoms with Gasteiger partial charge in [-0.1, -0.05) is 30.7 Å². The first-order valence-corrected chi connectivity index (χ1v) is 8.71. The molecule has 1 N–H and O–H groups in total. The van der Waals surface area contributed by atoms with Crippen LogP contribution < -0.4 is 5.32 Å². The van der Waals surface area contributed by atoms with Gasteiger partial charge in [0.15, 0.2) is 0 Å². The zero-order valence-electron chi connectivity index (χ0n) is 13.0. The minimum absolute atomic E-state index is 0.0991. The number of aryl methyl sites for hydroxylation is 1. The van der Waals surface area contributed by atoms with Crippen molar-refractivity contribution in [3.63, 3.8) is 0 Å². The maximum Gasteiger partial charge on any atom is 0.263 e. The molecule has 2 heterocycles. The number of hydrogen-bond acceptors (Lipinski definition) is 3. The Morgan fingerprint density at radius 1 is 1.30 bits per heavy atom. The van der Waals surface area contributed by atoms with Gasteiger partial charge in [-0.25, -0.2) is 0 Å². The summed E-state index contributed by atoms with van der Waals surface area (Å²) in [5.74, 6) is -0.140. The molecule has 1 aromatic carbocycles. The van der Waals surface area contributed by atoms with E-state index in [1.165, 1.54) is 16.9 Å². The molecule has 5 heteroatoms. The Hall–Kier alpha value is -1.91. The van der Waals surface area contributed by atoms with Gasteiger partial charge >= 0.3 is 0 Å². The summed E-state index contributed by atoms with van der Waals surface area (Å²) in [6.07, 6.45) is 4.40. The lowest BCUT2D eigenvalue weighted by Crippen LogP contribution is -2.26. The Morgan fingerprint density at radius 3 is 2.74 bits per heavy atom. The Labute approximate surface area is 144 Å². The monoisotopic (exact) mass is 344 g/mol. The van der Waals surface area contributed by atoms with Crippen LogP contribution in [0, 0.1) is 0 Å². The molecule has 0 saturated carbocycles. The zero-order chi connectivity index (χ0) is 16.4. The fourth-order valence-electron chi connectivity index (χ4n) is 2.47. The van der Waals surface area contributed by atoms with Crippen LogP contribution in [0.25, 0.3) is 10.1 Å². The van der Waals surface area contributed by atoms with E-state index in [1.54, 1.807) is 12.4 Å². The number of thiophene rings is 1. The minimum atomic E-state index is -0.140. The third-order valence-electron chi connectivity index (χ3n) is 3.86. The summed E-state index contributed by atoms with van der Waals surface area (Å²) in [7, 11) is 0. The number of hydrogen-bond donors (Lipinski definition) is 1. The van der Waals surface area contributed by atoms with Crippen molar-refractivity contribution in [2.45, 2.75) is 26.3 Å². The van der Waals surface area contributed by atoms with Gasteiger partial charge in [-0.15, -0.1) is 11.3 Å². The fraction of sp³-hybridized carbons (Fsp3) is 0.222. The summed E-state index contributed by atoms with van der Waals surface area (Å²) in [6, 6.07) is 9.85. The Morgan fingerprint density at radius 2 is 2.04 bits per heavy atom. The minimum Gasteiger partial charge on any atom is -0.345 e. The first kappa shape index (κ1) is 16.0. The number of aromatic nitrogens is 1. The number of carbonyl (C=O) groups excluding carboxylic acids is 1. The van der Waals surface area contributed by atoms with E-state index in [9.17, 15) is 4.79 Å². The molecule has 0 aliphatic carbocycles. The maximum atomic E-state index is 12.6. The van der Waals surface area contributed by atoms with E-state index in [0.29, 0.717) is 9.90 Å². The van der Waals surface area contributed by atoms with Crippen molar-refractivity contribution in [1.29, 1.82) is 0 Å². The lowest BCUT2D eigenvalue weighted by atomic mass is 10.1. The molecule has 1 amide bonds. The summed E-state index contributed by atoms with van der Waals surface area (Å²) < 4.78 is 1.05. The molecular weight excluding hydrogens is 328 g/mol. The second kappa shape index (κ2) is 6.69. The van der Waals surface area contributed by atoms with Crippen molar-refractivity contribution in [2.24, 2.45) is 0 Å². The summed E-state index contributed by atoms with van der Waals surface area (Å²) >= 11 is 7.86. The highest BCUT2D eigenvalue weighted by Gasteiger charge is 2.19. The topological polar surface area (TPSA) is 42.0 Å². The predicted octanol–water partition coefficient (Wildman–Crippen LogP) is 5.00. The molecule has 1 atom stereocenters. The van der Waals surface area contributed by atoms with Gasteiger partial charge < -0.3 is 5.32 Å².